The van der Waals surface area contributed by atoms with Crippen molar-refractivity contribution < 1.29 is 23.7 Å². The fraction of sp³-hybridized carbons (Fsp3) is 0.235. The van der Waals surface area contributed by atoms with Gasteiger partial charge in [-0.3, -0.25) is 0 Å². The standard InChI is InChI=1S/C17H17NO5/c1-20-13-8-10(9-14(21-2)15(13)22-3)16-18-12-7-5-4-6-11(12)17(19)23-16/h4-9,16,18H,1-3H3. The number of hydrogen-bond acceptors (Lipinski definition) is 6. The molecule has 6 nitrogen and oxygen atoms in total. The first-order valence-electron chi connectivity index (χ1n) is 7.04. The molecule has 3 rings (SSSR count). The Hall–Kier alpha value is -2.89. The van der Waals surface area contributed by atoms with Crippen molar-refractivity contribution in [1.82, 2.24) is 0 Å². The molecule has 0 fully saturated rings. The quantitative estimate of drug-likeness (QED) is 0.875. The van der Waals surface area contributed by atoms with E-state index >= 15 is 0 Å². The third-order valence-electron chi connectivity index (χ3n) is 3.65. The molecule has 23 heavy (non-hydrogen) atoms. The van der Waals surface area contributed by atoms with E-state index in [4.69, 9.17) is 18.9 Å². The van der Waals surface area contributed by atoms with E-state index in [1.165, 1.54) is 21.3 Å². The summed E-state index contributed by atoms with van der Waals surface area (Å²) in [5, 5.41) is 3.19. The summed E-state index contributed by atoms with van der Waals surface area (Å²) in [6.07, 6.45) is -0.633. The summed E-state index contributed by atoms with van der Waals surface area (Å²) in [7, 11) is 4.61. The highest BCUT2D eigenvalue weighted by Crippen LogP contribution is 2.41. The van der Waals surface area contributed by atoms with Crippen LogP contribution in [0.25, 0.3) is 0 Å². The summed E-state index contributed by atoms with van der Waals surface area (Å²) in [5.41, 5.74) is 1.93. The Morgan fingerprint density at radius 1 is 1.00 bits per heavy atom. The minimum Gasteiger partial charge on any atom is -0.493 e. The first-order chi connectivity index (χ1) is 11.2. The molecule has 6 heteroatoms. The largest absolute Gasteiger partial charge is 0.493 e. The van der Waals surface area contributed by atoms with Crippen molar-refractivity contribution in [3.8, 4) is 17.2 Å². The molecule has 0 aliphatic carbocycles. The third kappa shape index (κ3) is 2.63. The van der Waals surface area contributed by atoms with Crippen LogP contribution in [0.3, 0.4) is 0 Å². The Bertz CT molecular complexity index is 719. The van der Waals surface area contributed by atoms with E-state index in [1.807, 2.05) is 12.1 Å². The van der Waals surface area contributed by atoms with Crippen LogP contribution < -0.4 is 19.5 Å². The van der Waals surface area contributed by atoms with Crippen LogP contribution in [-0.4, -0.2) is 27.3 Å². The van der Waals surface area contributed by atoms with E-state index in [1.54, 1.807) is 24.3 Å². The van der Waals surface area contributed by atoms with Crippen LogP contribution in [0, 0.1) is 0 Å². The van der Waals surface area contributed by atoms with Gasteiger partial charge in [0.2, 0.25) is 5.75 Å². The fourth-order valence-electron chi connectivity index (χ4n) is 2.53. The van der Waals surface area contributed by atoms with Gasteiger partial charge in [0.25, 0.3) is 0 Å². The van der Waals surface area contributed by atoms with Crippen LogP contribution in [0.2, 0.25) is 0 Å². The Labute approximate surface area is 133 Å². The first kappa shape index (κ1) is 15.0. The molecule has 1 unspecified atom stereocenters. The van der Waals surface area contributed by atoms with Crippen LogP contribution in [0.15, 0.2) is 36.4 Å². The molecule has 1 aliphatic rings. The van der Waals surface area contributed by atoms with Crippen LogP contribution in [0.4, 0.5) is 5.69 Å². The molecule has 1 aliphatic heterocycles. The molecule has 0 amide bonds. The number of benzene rings is 2. The molecule has 0 saturated heterocycles. The maximum atomic E-state index is 12.2. The lowest BCUT2D eigenvalue weighted by Crippen LogP contribution is -2.25. The smallest absolute Gasteiger partial charge is 0.342 e. The van der Waals surface area contributed by atoms with Gasteiger partial charge in [0.1, 0.15) is 0 Å². The monoisotopic (exact) mass is 315 g/mol. The van der Waals surface area contributed by atoms with Crippen LogP contribution in [0.1, 0.15) is 22.1 Å². The molecule has 1 heterocycles. The van der Waals surface area contributed by atoms with Gasteiger partial charge >= 0.3 is 5.97 Å². The molecular weight excluding hydrogens is 298 g/mol. The van der Waals surface area contributed by atoms with Gasteiger partial charge in [0.05, 0.1) is 32.6 Å². The highest BCUT2D eigenvalue weighted by atomic mass is 16.6. The predicted molar refractivity (Wildman–Crippen MR) is 84.3 cm³/mol. The topological polar surface area (TPSA) is 66.0 Å². The van der Waals surface area contributed by atoms with Crippen molar-refractivity contribution in [2.24, 2.45) is 0 Å². The number of anilines is 1. The second-order valence-electron chi connectivity index (χ2n) is 4.93. The van der Waals surface area contributed by atoms with Gasteiger partial charge in [0, 0.05) is 5.56 Å². The number of esters is 1. The maximum Gasteiger partial charge on any atom is 0.342 e. The number of nitrogens with one attached hydrogen (secondary N) is 1. The van der Waals surface area contributed by atoms with Crippen LogP contribution in [0.5, 0.6) is 17.2 Å². The number of carbonyl (C=O) groups excluding carboxylic acids is 1. The second-order valence-corrected chi connectivity index (χ2v) is 4.93. The molecule has 1 atom stereocenters. The number of fused-ring (bicyclic) bond motifs is 1. The molecule has 0 aromatic heterocycles. The molecule has 120 valence electrons. The van der Waals surface area contributed by atoms with Gasteiger partial charge in [0.15, 0.2) is 17.7 Å². The Kier molecular flexibility index (Phi) is 3.97. The van der Waals surface area contributed by atoms with E-state index in [9.17, 15) is 4.79 Å². The zero-order valence-corrected chi connectivity index (χ0v) is 13.1. The second kappa shape index (κ2) is 6.08. The summed E-state index contributed by atoms with van der Waals surface area (Å²) in [6, 6.07) is 10.7. The van der Waals surface area contributed by atoms with Gasteiger partial charge < -0.3 is 24.3 Å². The lowest BCUT2D eigenvalue weighted by atomic mass is 10.1. The molecule has 0 bridgehead atoms. The van der Waals surface area contributed by atoms with Crippen molar-refractivity contribution in [2.75, 3.05) is 26.6 Å². The Balaban J connectivity index is 2.01. The zero-order valence-electron chi connectivity index (χ0n) is 13.1. The predicted octanol–water partition coefficient (Wildman–Crippen LogP) is 2.99. The Morgan fingerprint density at radius 2 is 1.65 bits per heavy atom. The maximum absolute atomic E-state index is 12.2. The van der Waals surface area contributed by atoms with E-state index in [0.717, 1.165) is 5.69 Å². The highest BCUT2D eigenvalue weighted by molar-refractivity contribution is 5.97. The SMILES string of the molecule is COc1cc(C2Nc3ccccc3C(=O)O2)cc(OC)c1OC. The minimum absolute atomic E-state index is 0.377. The summed E-state index contributed by atoms with van der Waals surface area (Å²) in [6.45, 7) is 0. The normalized spacial score (nSPS) is 16.0. The molecule has 0 spiro atoms. The number of methoxy groups -OCH3 is 3. The van der Waals surface area contributed by atoms with Crippen molar-refractivity contribution in [3.05, 3.63) is 47.5 Å². The Morgan fingerprint density at radius 3 is 2.26 bits per heavy atom. The van der Waals surface area contributed by atoms with Crippen molar-refractivity contribution >= 4 is 11.7 Å². The minimum atomic E-state index is -0.633. The van der Waals surface area contributed by atoms with E-state index in [-0.39, 0.29) is 5.97 Å². The molecule has 2 aromatic rings. The van der Waals surface area contributed by atoms with Crippen LogP contribution >= 0.6 is 0 Å². The summed E-state index contributed by atoms with van der Waals surface area (Å²) < 4.78 is 21.4. The van der Waals surface area contributed by atoms with Gasteiger partial charge in [-0.1, -0.05) is 12.1 Å². The van der Waals surface area contributed by atoms with Gasteiger partial charge in [-0.25, -0.2) is 4.79 Å². The number of para-hydroxylation sites is 1. The number of cyclic esters (lactones) is 1. The molecule has 1 N–H and O–H groups in total. The first-order valence-corrected chi connectivity index (χ1v) is 7.04. The lowest BCUT2D eigenvalue weighted by Gasteiger charge is -2.27. The molecule has 2 aromatic carbocycles. The summed E-state index contributed by atoms with van der Waals surface area (Å²) >= 11 is 0. The number of rotatable bonds is 4. The van der Waals surface area contributed by atoms with Crippen molar-refractivity contribution in [2.45, 2.75) is 6.23 Å². The van der Waals surface area contributed by atoms with E-state index < -0.39 is 6.23 Å². The number of carbonyl (C=O) groups is 1. The van der Waals surface area contributed by atoms with Gasteiger partial charge in [-0.05, 0) is 24.3 Å². The molecule has 0 radical (unpaired) electrons. The molecular formula is C17H17NO5. The van der Waals surface area contributed by atoms with Gasteiger partial charge in [-0.15, -0.1) is 0 Å². The van der Waals surface area contributed by atoms with Crippen molar-refractivity contribution in [1.29, 1.82) is 0 Å². The average molecular weight is 315 g/mol. The van der Waals surface area contributed by atoms with Crippen LogP contribution in [-0.2, 0) is 4.74 Å². The van der Waals surface area contributed by atoms with E-state index in [2.05, 4.69) is 5.32 Å². The van der Waals surface area contributed by atoms with Gasteiger partial charge in [-0.2, -0.15) is 0 Å². The zero-order chi connectivity index (χ0) is 16.4. The highest BCUT2D eigenvalue weighted by Gasteiger charge is 2.28. The third-order valence-corrected chi connectivity index (χ3v) is 3.65. The summed E-state index contributed by atoms with van der Waals surface area (Å²) in [5.74, 6) is 1.11. The fourth-order valence-corrected chi connectivity index (χ4v) is 2.53. The summed E-state index contributed by atoms with van der Waals surface area (Å²) in [4.78, 5) is 12.2. The molecule has 0 saturated carbocycles. The lowest BCUT2D eigenvalue weighted by molar-refractivity contribution is 0.0329. The van der Waals surface area contributed by atoms with E-state index in [0.29, 0.717) is 28.4 Å². The average Bonchev–Trinajstić information content (AvgIpc) is 2.60. The van der Waals surface area contributed by atoms with Crippen molar-refractivity contribution in [3.63, 3.8) is 0 Å². The number of hydrogen-bond donors (Lipinski definition) is 1. The number of ether oxygens (including phenoxy) is 4.